The molecule has 15 heavy (non-hydrogen) atoms. The van der Waals surface area contributed by atoms with E-state index in [0.29, 0.717) is 0 Å². The molecule has 1 rings (SSSR count). The number of nitrogens with zero attached hydrogens (tertiary/aromatic N) is 1. The van der Waals surface area contributed by atoms with Gasteiger partial charge in [0.15, 0.2) is 0 Å². The van der Waals surface area contributed by atoms with Crippen LogP contribution in [0, 0.1) is 0 Å². The summed E-state index contributed by atoms with van der Waals surface area (Å²) < 4.78 is 4.60. The topological polar surface area (TPSA) is 92.9 Å². The largest absolute Gasteiger partial charge is 0.468 e. The van der Waals surface area contributed by atoms with Crippen LogP contribution in [-0.2, 0) is 14.3 Å². The quantitative estimate of drug-likeness (QED) is 0.558. The van der Waals surface area contributed by atoms with Gasteiger partial charge in [0.2, 0.25) is 5.91 Å². The number of methoxy groups -OCH3 is 1. The van der Waals surface area contributed by atoms with E-state index < -0.39 is 30.1 Å². The minimum Gasteiger partial charge on any atom is -0.468 e. The van der Waals surface area contributed by atoms with Gasteiger partial charge in [0.05, 0.1) is 19.3 Å². The molecule has 0 radical (unpaired) electrons. The van der Waals surface area contributed by atoms with Gasteiger partial charge in [-0.15, -0.1) is 0 Å². The Morgan fingerprint density at radius 2 is 2.20 bits per heavy atom. The number of aliphatic hydroxyl groups is 1. The SMILES string of the molecule is COC(=O)C1CC(O)CN1C(C)C(N)=O. The molecule has 1 aliphatic rings. The van der Waals surface area contributed by atoms with E-state index in [1.165, 1.54) is 7.11 Å². The number of ether oxygens (including phenoxy) is 1. The third-order valence-electron chi connectivity index (χ3n) is 2.70. The highest BCUT2D eigenvalue weighted by atomic mass is 16.5. The van der Waals surface area contributed by atoms with Crippen molar-refractivity contribution in [3.05, 3.63) is 0 Å². The first kappa shape index (κ1) is 11.9. The predicted octanol–water partition coefficient (Wildman–Crippen LogP) is -1.53. The minimum absolute atomic E-state index is 0.268. The molecule has 6 heteroatoms. The van der Waals surface area contributed by atoms with Crippen LogP contribution in [0.1, 0.15) is 13.3 Å². The molecule has 86 valence electrons. The van der Waals surface area contributed by atoms with Crippen LogP contribution < -0.4 is 5.73 Å². The lowest BCUT2D eigenvalue weighted by atomic mass is 10.2. The van der Waals surface area contributed by atoms with Crippen LogP contribution in [0.25, 0.3) is 0 Å². The van der Waals surface area contributed by atoms with Crippen molar-refractivity contribution < 1.29 is 19.4 Å². The molecule has 1 fully saturated rings. The lowest BCUT2D eigenvalue weighted by Crippen LogP contribution is -2.48. The Hall–Kier alpha value is -1.14. The van der Waals surface area contributed by atoms with Crippen LogP contribution in [0.15, 0.2) is 0 Å². The third kappa shape index (κ3) is 2.45. The van der Waals surface area contributed by atoms with Crippen LogP contribution in [0.3, 0.4) is 0 Å². The summed E-state index contributed by atoms with van der Waals surface area (Å²) in [4.78, 5) is 23.9. The fraction of sp³-hybridized carbons (Fsp3) is 0.778. The van der Waals surface area contributed by atoms with Gasteiger partial charge in [-0.25, -0.2) is 0 Å². The molecule has 6 nitrogen and oxygen atoms in total. The standard InChI is InChI=1S/C9H16N2O4/c1-5(8(10)13)11-4-6(12)3-7(11)9(14)15-2/h5-7,12H,3-4H2,1-2H3,(H2,10,13). The number of esters is 1. The number of rotatable bonds is 3. The number of likely N-dealkylation sites (tertiary alicyclic amines) is 1. The van der Waals surface area contributed by atoms with Crippen molar-refractivity contribution in [3.8, 4) is 0 Å². The molecule has 1 aliphatic heterocycles. The number of primary amides is 1. The molecule has 0 bridgehead atoms. The zero-order valence-electron chi connectivity index (χ0n) is 8.84. The van der Waals surface area contributed by atoms with Crippen LogP contribution in [-0.4, -0.2) is 53.7 Å². The van der Waals surface area contributed by atoms with E-state index in [2.05, 4.69) is 4.74 Å². The molecule has 0 aromatic carbocycles. The molecule has 0 aromatic heterocycles. The fourth-order valence-electron chi connectivity index (χ4n) is 1.80. The summed E-state index contributed by atoms with van der Waals surface area (Å²) in [5, 5.41) is 9.44. The molecule has 1 amide bonds. The average Bonchev–Trinajstić information content (AvgIpc) is 2.57. The van der Waals surface area contributed by atoms with E-state index in [1.807, 2.05) is 0 Å². The summed E-state index contributed by atoms with van der Waals surface area (Å²) in [7, 11) is 1.28. The normalized spacial score (nSPS) is 28.7. The summed E-state index contributed by atoms with van der Waals surface area (Å²) in [6, 6.07) is -1.15. The van der Waals surface area contributed by atoms with Gasteiger partial charge < -0.3 is 15.6 Å². The Morgan fingerprint density at radius 3 is 2.67 bits per heavy atom. The van der Waals surface area contributed by atoms with Gasteiger partial charge in [-0.2, -0.15) is 0 Å². The number of nitrogens with two attached hydrogens (primary N) is 1. The smallest absolute Gasteiger partial charge is 0.323 e. The number of amides is 1. The Balaban J connectivity index is 2.77. The minimum atomic E-state index is -0.615. The monoisotopic (exact) mass is 216 g/mol. The summed E-state index contributed by atoms with van der Waals surface area (Å²) in [5.41, 5.74) is 5.15. The number of β-amino-alcohol motifs (C(OH)–C–C–N with tert-alkyl or cyclic N) is 1. The van der Waals surface area contributed by atoms with Gasteiger partial charge in [-0.05, 0) is 6.92 Å². The molecule has 0 spiro atoms. The number of carbonyl (C=O) groups excluding carboxylic acids is 2. The van der Waals surface area contributed by atoms with Crippen molar-refractivity contribution in [2.75, 3.05) is 13.7 Å². The molecule has 3 atom stereocenters. The molecule has 0 saturated carbocycles. The van der Waals surface area contributed by atoms with Crippen molar-refractivity contribution in [3.63, 3.8) is 0 Å². The van der Waals surface area contributed by atoms with Crippen LogP contribution in [0.2, 0.25) is 0 Å². The van der Waals surface area contributed by atoms with Gasteiger partial charge in [0, 0.05) is 13.0 Å². The fourth-order valence-corrected chi connectivity index (χ4v) is 1.80. The van der Waals surface area contributed by atoms with Gasteiger partial charge in [-0.1, -0.05) is 0 Å². The number of hydrogen-bond donors (Lipinski definition) is 2. The first-order valence-electron chi connectivity index (χ1n) is 4.78. The molecule has 3 unspecified atom stereocenters. The van der Waals surface area contributed by atoms with E-state index in [-0.39, 0.29) is 13.0 Å². The lowest BCUT2D eigenvalue weighted by molar-refractivity contribution is -0.147. The third-order valence-corrected chi connectivity index (χ3v) is 2.70. The van der Waals surface area contributed by atoms with Crippen LogP contribution >= 0.6 is 0 Å². The van der Waals surface area contributed by atoms with E-state index in [0.717, 1.165) is 0 Å². The Morgan fingerprint density at radius 1 is 1.60 bits per heavy atom. The lowest BCUT2D eigenvalue weighted by Gasteiger charge is -2.26. The second kappa shape index (κ2) is 4.59. The maximum atomic E-state index is 11.4. The first-order chi connectivity index (χ1) is 6.97. The van der Waals surface area contributed by atoms with Crippen molar-refractivity contribution in [2.24, 2.45) is 5.73 Å². The van der Waals surface area contributed by atoms with E-state index in [9.17, 15) is 14.7 Å². The maximum absolute atomic E-state index is 11.4. The van der Waals surface area contributed by atoms with Gasteiger partial charge >= 0.3 is 5.97 Å². The van der Waals surface area contributed by atoms with Crippen molar-refractivity contribution in [1.82, 2.24) is 4.90 Å². The summed E-state index contributed by atoms with van der Waals surface area (Å²) in [5.74, 6) is -0.961. The summed E-state index contributed by atoms with van der Waals surface area (Å²) in [6.45, 7) is 1.88. The number of aliphatic hydroxyl groups excluding tert-OH is 1. The number of carbonyl (C=O) groups is 2. The van der Waals surface area contributed by atoms with Crippen molar-refractivity contribution in [2.45, 2.75) is 31.5 Å². The summed E-state index contributed by atoms with van der Waals surface area (Å²) >= 11 is 0. The molecule has 1 saturated heterocycles. The highest BCUT2D eigenvalue weighted by Gasteiger charge is 2.40. The zero-order chi connectivity index (χ0) is 11.6. The Labute approximate surface area is 88.0 Å². The Kier molecular flexibility index (Phi) is 3.65. The highest BCUT2D eigenvalue weighted by molar-refractivity contribution is 5.82. The Bertz CT molecular complexity index is 269. The molecular weight excluding hydrogens is 200 g/mol. The molecule has 0 aromatic rings. The second-order valence-corrected chi connectivity index (χ2v) is 3.70. The molecule has 3 N–H and O–H groups in total. The predicted molar refractivity (Wildman–Crippen MR) is 51.8 cm³/mol. The van der Waals surface area contributed by atoms with E-state index in [4.69, 9.17) is 5.73 Å². The average molecular weight is 216 g/mol. The second-order valence-electron chi connectivity index (χ2n) is 3.70. The van der Waals surface area contributed by atoms with E-state index >= 15 is 0 Å². The van der Waals surface area contributed by atoms with E-state index in [1.54, 1.807) is 11.8 Å². The van der Waals surface area contributed by atoms with Crippen LogP contribution in [0.5, 0.6) is 0 Å². The maximum Gasteiger partial charge on any atom is 0.323 e. The first-order valence-corrected chi connectivity index (χ1v) is 4.78. The number of hydrogen-bond acceptors (Lipinski definition) is 5. The van der Waals surface area contributed by atoms with Gasteiger partial charge in [0.25, 0.3) is 0 Å². The van der Waals surface area contributed by atoms with Crippen molar-refractivity contribution >= 4 is 11.9 Å². The van der Waals surface area contributed by atoms with Crippen molar-refractivity contribution in [1.29, 1.82) is 0 Å². The molecule has 0 aliphatic carbocycles. The summed E-state index contributed by atoms with van der Waals surface area (Å²) in [6.07, 6.45) is -0.333. The molecule has 1 heterocycles. The van der Waals surface area contributed by atoms with Crippen LogP contribution in [0.4, 0.5) is 0 Å². The highest BCUT2D eigenvalue weighted by Crippen LogP contribution is 2.21. The zero-order valence-corrected chi connectivity index (χ0v) is 8.84. The van der Waals surface area contributed by atoms with Gasteiger partial charge in [-0.3, -0.25) is 14.5 Å². The van der Waals surface area contributed by atoms with Gasteiger partial charge in [0.1, 0.15) is 6.04 Å². The molecular formula is C9H16N2O4.